The molecular weight excluding hydrogens is 240 g/mol. The van der Waals surface area contributed by atoms with Crippen LogP contribution in [0.3, 0.4) is 0 Å². The van der Waals surface area contributed by atoms with E-state index >= 15 is 0 Å². The van der Waals surface area contributed by atoms with Crippen LogP contribution in [0, 0.1) is 5.92 Å². The van der Waals surface area contributed by atoms with Gasteiger partial charge in [0.2, 0.25) is 0 Å². The number of carbonyl (C=O) groups is 1. The minimum absolute atomic E-state index is 0.156. The van der Waals surface area contributed by atoms with E-state index in [1.54, 1.807) is 31.4 Å². The summed E-state index contributed by atoms with van der Waals surface area (Å²) in [5.41, 5.74) is 0.467. The van der Waals surface area contributed by atoms with Crippen molar-refractivity contribution in [3.63, 3.8) is 0 Å². The molecule has 0 heterocycles. The van der Waals surface area contributed by atoms with Crippen molar-refractivity contribution >= 4 is 17.6 Å². The molecule has 0 spiro atoms. The Bertz CT molecular complexity index is 379. The first kappa shape index (κ1) is 14.0. The lowest BCUT2D eigenvalue weighted by molar-refractivity contribution is 0.00888. The number of halogens is 1. The highest BCUT2D eigenvalue weighted by atomic mass is 35.5. The fourth-order valence-corrected chi connectivity index (χ4v) is 1.56. The molecule has 0 aliphatic heterocycles. The van der Waals surface area contributed by atoms with Gasteiger partial charge in [-0.3, -0.25) is 0 Å². The molecule has 0 radical (unpaired) electrons. The molecule has 1 aromatic rings. The fourth-order valence-electron chi connectivity index (χ4n) is 1.37. The predicted octanol–water partition coefficient (Wildman–Crippen LogP) is 3.17. The molecule has 0 fully saturated rings. The second-order valence-electron chi connectivity index (χ2n) is 4.05. The second kappa shape index (κ2) is 6.62. The lowest BCUT2D eigenvalue weighted by Gasteiger charge is -2.19. The molecule has 1 rings (SSSR count). The molecule has 94 valence electrons. The van der Waals surface area contributed by atoms with Crippen molar-refractivity contribution < 1.29 is 14.3 Å². The maximum absolute atomic E-state index is 11.8. The summed E-state index contributed by atoms with van der Waals surface area (Å²) >= 11 is 5.81. The molecule has 0 saturated carbocycles. The van der Waals surface area contributed by atoms with Gasteiger partial charge in [0.1, 0.15) is 6.10 Å². The zero-order valence-corrected chi connectivity index (χ0v) is 11.0. The van der Waals surface area contributed by atoms with E-state index in [0.717, 1.165) is 0 Å². The summed E-state index contributed by atoms with van der Waals surface area (Å²) in [6.07, 6.45) is -0.193. The third-order valence-electron chi connectivity index (χ3n) is 2.58. The van der Waals surface area contributed by atoms with Crippen LogP contribution < -0.4 is 0 Å². The lowest BCUT2D eigenvalue weighted by atomic mass is 10.1. The van der Waals surface area contributed by atoms with Gasteiger partial charge in [0.25, 0.3) is 0 Å². The number of rotatable bonds is 5. The van der Waals surface area contributed by atoms with Gasteiger partial charge in [-0.2, -0.15) is 0 Å². The van der Waals surface area contributed by atoms with Crippen LogP contribution in [0.1, 0.15) is 24.2 Å². The van der Waals surface area contributed by atoms with Gasteiger partial charge in [-0.1, -0.05) is 24.6 Å². The third-order valence-corrected chi connectivity index (χ3v) is 2.82. The number of esters is 1. The Morgan fingerprint density at radius 2 is 2.12 bits per heavy atom. The summed E-state index contributed by atoms with van der Waals surface area (Å²) in [5.74, 6) is -0.203. The van der Waals surface area contributed by atoms with Crippen molar-refractivity contribution in [2.45, 2.75) is 20.0 Å². The summed E-state index contributed by atoms with van der Waals surface area (Å²) in [6.45, 7) is 4.38. The molecule has 0 amide bonds. The van der Waals surface area contributed by atoms with Gasteiger partial charge < -0.3 is 9.47 Å². The zero-order chi connectivity index (χ0) is 12.8. The van der Waals surface area contributed by atoms with Gasteiger partial charge in [-0.25, -0.2) is 4.79 Å². The van der Waals surface area contributed by atoms with E-state index < -0.39 is 0 Å². The summed E-state index contributed by atoms with van der Waals surface area (Å²) in [5, 5.41) is 0.525. The standard InChI is InChI=1S/C13H17ClO3/c1-9(8-16-3)10(2)17-13(15)11-5-4-6-12(14)7-11/h4-7,9-10H,8H2,1-3H3. The maximum atomic E-state index is 11.8. The van der Waals surface area contributed by atoms with Gasteiger partial charge in [0, 0.05) is 18.1 Å². The van der Waals surface area contributed by atoms with E-state index in [9.17, 15) is 4.79 Å². The molecular formula is C13H17ClO3. The number of methoxy groups -OCH3 is 1. The van der Waals surface area contributed by atoms with Crippen LogP contribution in [0.4, 0.5) is 0 Å². The van der Waals surface area contributed by atoms with Crippen LogP contribution in [0.5, 0.6) is 0 Å². The molecule has 3 nitrogen and oxygen atoms in total. The Labute approximate surface area is 107 Å². The molecule has 0 saturated heterocycles. The Hall–Kier alpha value is -1.06. The highest BCUT2D eigenvalue weighted by Crippen LogP contribution is 2.14. The van der Waals surface area contributed by atoms with Gasteiger partial charge in [0.05, 0.1) is 12.2 Å². The maximum Gasteiger partial charge on any atom is 0.338 e. The van der Waals surface area contributed by atoms with Crippen molar-refractivity contribution in [1.29, 1.82) is 0 Å². The molecule has 17 heavy (non-hydrogen) atoms. The smallest absolute Gasteiger partial charge is 0.338 e. The normalized spacial score (nSPS) is 14.1. The van der Waals surface area contributed by atoms with Crippen LogP contribution in [0.25, 0.3) is 0 Å². The lowest BCUT2D eigenvalue weighted by Crippen LogP contribution is -2.25. The monoisotopic (exact) mass is 256 g/mol. The minimum atomic E-state index is -0.358. The molecule has 0 aromatic heterocycles. The molecule has 0 aliphatic rings. The Balaban J connectivity index is 2.60. The number of benzene rings is 1. The number of ether oxygens (including phenoxy) is 2. The van der Waals surface area contributed by atoms with Gasteiger partial charge in [0.15, 0.2) is 0 Å². The molecule has 0 N–H and O–H groups in total. The summed E-state index contributed by atoms with van der Waals surface area (Å²) < 4.78 is 10.3. The molecule has 2 atom stereocenters. The van der Waals surface area contributed by atoms with E-state index in [4.69, 9.17) is 21.1 Å². The summed E-state index contributed by atoms with van der Waals surface area (Å²) in [6, 6.07) is 6.72. The van der Waals surface area contributed by atoms with Crippen molar-refractivity contribution in [3.05, 3.63) is 34.9 Å². The average molecular weight is 257 g/mol. The molecule has 0 aliphatic carbocycles. The molecule has 2 unspecified atom stereocenters. The Morgan fingerprint density at radius 3 is 2.71 bits per heavy atom. The molecule has 4 heteroatoms. The quantitative estimate of drug-likeness (QED) is 0.759. The topological polar surface area (TPSA) is 35.5 Å². The summed E-state index contributed by atoms with van der Waals surface area (Å²) in [7, 11) is 1.63. The van der Waals surface area contributed by atoms with E-state index in [2.05, 4.69) is 0 Å². The van der Waals surface area contributed by atoms with Gasteiger partial charge in [-0.05, 0) is 25.1 Å². The summed E-state index contributed by atoms with van der Waals surface area (Å²) in [4.78, 5) is 11.8. The first-order valence-electron chi connectivity index (χ1n) is 5.50. The van der Waals surface area contributed by atoms with E-state index in [1.165, 1.54) is 0 Å². The van der Waals surface area contributed by atoms with Gasteiger partial charge >= 0.3 is 5.97 Å². The van der Waals surface area contributed by atoms with Crippen LogP contribution in [0.15, 0.2) is 24.3 Å². The largest absolute Gasteiger partial charge is 0.459 e. The highest BCUT2D eigenvalue weighted by Gasteiger charge is 2.17. The van der Waals surface area contributed by atoms with Crippen molar-refractivity contribution in [3.8, 4) is 0 Å². The van der Waals surface area contributed by atoms with Crippen molar-refractivity contribution in [2.75, 3.05) is 13.7 Å². The van der Waals surface area contributed by atoms with Crippen LogP contribution in [-0.2, 0) is 9.47 Å². The van der Waals surface area contributed by atoms with E-state index in [-0.39, 0.29) is 18.0 Å². The predicted molar refractivity (Wildman–Crippen MR) is 67.4 cm³/mol. The zero-order valence-electron chi connectivity index (χ0n) is 10.3. The molecule has 0 bridgehead atoms. The second-order valence-corrected chi connectivity index (χ2v) is 4.49. The van der Waals surface area contributed by atoms with Crippen LogP contribution in [-0.4, -0.2) is 25.8 Å². The first-order chi connectivity index (χ1) is 8.04. The number of carbonyl (C=O) groups excluding carboxylic acids is 1. The number of hydrogen-bond donors (Lipinski definition) is 0. The Morgan fingerprint density at radius 1 is 1.41 bits per heavy atom. The van der Waals surface area contributed by atoms with E-state index in [1.807, 2.05) is 13.8 Å². The van der Waals surface area contributed by atoms with Crippen molar-refractivity contribution in [2.24, 2.45) is 5.92 Å². The van der Waals surface area contributed by atoms with Crippen molar-refractivity contribution in [1.82, 2.24) is 0 Å². The SMILES string of the molecule is COCC(C)C(C)OC(=O)c1cccc(Cl)c1. The Kier molecular flexibility index (Phi) is 5.45. The van der Waals surface area contributed by atoms with Crippen LogP contribution in [0.2, 0.25) is 5.02 Å². The fraction of sp³-hybridized carbons (Fsp3) is 0.462. The minimum Gasteiger partial charge on any atom is -0.459 e. The molecule has 1 aromatic carbocycles. The van der Waals surface area contributed by atoms with E-state index in [0.29, 0.717) is 17.2 Å². The number of hydrogen-bond acceptors (Lipinski definition) is 3. The third kappa shape index (κ3) is 4.36. The highest BCUT2D eigenvalue weighted by molar-refractivity contribution is 6.30. The average Bonchev–Trinajstić information content (AvgIpc) is 2.29. The van der Waals surface area contributed by atoms with Crippen LogP contribution >= 0.6 is 11.6 Å². The van der Waals surface area contributed by atoms with Gasteiger partial charge in [-0.15, -0.1) is 0 Å². The first-order valence-corrected chi connectivity index (χ1v) is 5.88.